The van der Waals surface area contributed by atoms with Crippen molar-refractivity contribution in [1.29, 1.82) is 0 Å². The highest BCUT2D eigenvalue weighted by atomic mass is 16.5. The molecule has 0 amide bonds. The van der Waals surface area contributed by atoms with Crippen LogP contribution in [0.25, 0.3) is 79.2 Å². The Hall–Kier alpha value is -8.42. The SMILES string of the molecule is c1ccc(-c2nc(-c3ccc(-c4cc(-c5ccccn5)nc(-c5ccccn5)c4)cc3)nc(-c3cccc4c3-c3ccccc3C43c4ccccc4Oc4ccccc43)n2)cc1. The van der Waals surface area contributed by atoms with Crippen LogP contribution >= 0.6 is 0 Å². The first-order valence-corrected chi connectivity index (χ1v) is 20.6. The molecule has 1 spiro atoms. The molecule has 0 unspecified atom stereocenters. The van der Waals surface area contributed by atoms with Crippen molar-refractivity contribution in [1.82, 2.24) is 29.9 Å². The molecule has 5 heterocycles. The van der Waals surface area contributed by atoms with E-state index in [2.05, 4.69) is 125 Å². The fraction of sp³-hybridized carbons (Fsp3) is 0.0182. The number of benzene rings is 6. The molecule has 0 N–H and O–H groups in total. The second-order valence-electron chi connectivity index (χ2n) is 15.4. The van der Waals surface area contributed by atoms with Crippen LogP contribution < -0.4 is 4.74 Å². The van der Waals surface area contributed by atoms with Gasteiger partial charge < -0.3 is 4.74 Å². The molecule has 12 rings (SSSR count). The van der Waals surface area contributed by atoms with Crippen LogP contribution in [0.5, 0.6) is 11.5 Å². The maximum atomic E-state index is 6.59. The Kier molecular flexibility index (Phi) is 8.25. The van der Waals surface area contributed by atoms with Crippen LogP contribution in [-0.2, 0) is 5.41 Å². The minimum Gasteiger partial charge on any atom is -0.457 e. The van der Waals surface area contributed by atoms with Crippen molar-refractivity contribution in [3.63, 3.8) is 0 Å². The molecule has 0 atom stereocenters. The second-order valence-corrected chi connectivity index (χ2v) is 15.4. The number of aromatic nitrogens is 6. The maximum absolute atomic E-state index is 6.59. The third-order valence-corrected chi connectivity index (χ3v) is 11.9. The summed E-state index contributed by atoms with van der Waals surface area (Å²) >= 11 is 0. The van der Waals surface area contributed by atoms with Crippen LogP contribution in [0.2, 0.25) is 0 Å². The molecule has 0 saturated heterocycles. The molecular weight excluding hydrogens is 761 g/mol. The Morgan fingerprint density at radius 3 is 1.45 bits per heavy atom. The third-order valence-electron chi connectivity index (χ3n) is 11.9. The summed E-state index contributed by atoms with van der Waals surface area (Å²) in [5, 5.41) is 0. The molecule has 4 aromatic heterocycles. The van der Waals surface area contributed by atoms with Gasteiger partial charge in [-0.2, -0.15) is 0 Å². The van der Waals surface area contributed by atoms with Crippen molar-refractivity contribution in [3.05, 3.63) is 229 Å². The Balaban J connectivity index is 1.02. The zero-order valence-corrected chi connectivity index (χ0v) is 33.2. The van der Waals surface area contributed by atoms with Crippen molar-refractivity contribution in [2.45, 2.75) is 5.41 Å². The van der Waals surface area contributed by atoms with E-state index < -0.39 is 5.41 Å². The lowest BCUT2D eigenvalue weighted by atomic mass is 9.66. The largest absolute Gasteiger partial charge is 0.457 e. The van der Waals surface area contributed by atoms with Gasteiger partial charge in [0.2, 0.25) is 0 Å². The molecule has 62 heavy (non-hydrogen) atoms. The molecule has 0 radical (unpaired) electrons. The van der Waals surface area contributed by atoms with Gasteiger partial charge in [-0.05, 0) is 81.9 Å². The van der Waals surface area contributed by atoms with Crippen molar-refractivity contribution < 1.29 is 4.74 Å². The lowest BCUT2D eigenvalue weighted by Gasteiger charge is -2.39. The fourth-order valence-electron chi connectivity index (χ4n) is 9.23. The summed E-state index contributed by atoms with van der Waals surface area (Å²) in [7, 11) is 0. The first-order valence-electron chi connectivity index (χ1n) is 20.6. The lowest BCUT2D eigenvalue weighted by Crippen LogP contribution is -2.32. The van der Waals surface area contributed by atoms with Crippen molar-refractivity contribution >= 4 is 0 Å². The summed E-state index contributed by atoms with van der Waals surface area (Å²) < 4.78 is 6.59. The second kappa shape index (κ2) is 14.4. The smallest absolute Gasteiger partial charge is 0.164 e. The Morgan fingerprint density at radius 2 is 0.823 bits per heavy atom. The first-order chi connectivity index (χ1) is 30.7. The fourth-order valence-corrected chi connectivity index (χ4v) is 9.23. The van der Waals surface area contributed by atoms with Crippen LogP contribution in [0, 0.1) is 0 Å². The molecule has 7 heteroatoms. The summed E-state index contributed by atoms with van der Waals surface area (Å²) in [6.45, 7) is 0. The summed E-state index contributed by atoms with van der Waals surface area (Å²) in [6, 6.07) is 66.5. The number of nitrogens with zero attached hydrogens (tertiary/aromatic N) is 6. The molecule has 2 aliphatic rings. The van der Waals surface area contributed by atoms with E-state index in [4.69, 9.17) is 24.7 Å². The van der Waals surface area contributed by atoms with Gasteiger partial charge in [-0.25, -0.2) is 19.9 Å². The molecule has 0 saturated carbocycles. The van der Waals surface area contributed by atoms with Crippen LogP contribution in [0.1, 0.15) is 22.3 Å². The zero-order valence-electron chi connectivity index (χ0n) is 33.2. The Bertz CT molecular complexity index is 3220. The van der Waals surface area contributed by atoms with E-state index in [-0.39, 0.29) is 0 Å². The predicted octanol–water partition coefficient (Wildman–Crippen LogP) is 12.5. The molecule has 0 bridgehead atoms. The van der Waals surface area contributed by atoms with Crippen LogP contribution in [-0.4, -0.2) is 29.9 Å². The van der Waals surface area contributed by atoms with Crippen LogP contribution in [0.15, 0.2) is 207 Å². The number of hydrogen-bond donors (Lipinski definition) is 0. The lowest BCUT2D eigenvalue weighted by molar-refractivity contribution is 0.436. The van der Waals surface area contributed by atoms with Gasteiger partial charge in [0.1, 0.15) is 11.5 Å². The minimum absolute atomic E-state index is 0.582. The molecule has 10 aromatic rings. The predicted molar refractivity (Wildman–Crippen MR) is 243 cm³/mol. The van der Waals surface area contributed by atoms with Gasteiger partial charge >= 0.3 is 0 Å². The maximum Gasteiger partial charge on any atom is 0.164 e. The highest BCUT2D eigenvalue weighted by molar-refractivity contribution is 5.95. The number of ether oxygens (including phenoxy) is 1. The van der Waals surface area contributed by atoms with E-state index in [0.29, 0.717) is 17.5 Å². The van der Waals surface area contributed by atoms with Gasteiger partial charge in [-0.1, -0.05) is 146 Å². The Labute approximate surface area is 358 Å². The molecule has 290 valence electrons. The molecule has 1 aliphatic heterocycles. The van der Waals surface area contributed by atoms with E-state index >= 15 is 0 Å². The summed E-state index contributed by atoms with van der Waals surface area (Å²) in [6.07, 6.45) is 3.57. The van der Waals surface area contributed by atoms with E-state index in [1.807, 2.05) is 78.9 Å². The van der Waals surface area contributed by atoms with Crippen LogP contribution in [0.4, 0.5) is 0 Å². The summed E-state index contributed by atoms with van der Waals surface area (Å²) in [5.74, 6) is 3.49. The van der Waals surface area contributed by atoms with Gasteiger partial charge in [0.05, 0.1) is 28.2 Å². The van der Waals surface area contributed by atoms with Crippen LogP contribution in [0.3, 0.4) is 0 Å². The average molecular weight is 795 g/mol. The van der Waals surface area contributed by atoms with Crippen molar-refractivity contribution in [3.8, 4) is 90.7 Å². The number of fused-ring (bicyclic) bond motifs is 9. The molecule has 7 nitrogen and oxygen atoms in total. The number of pyridine rings is 3. The number of rotatable bonds is 6. The average Bonchev–Trinajstić information content (AvgIpc) is 3.65. The normalized spacial score (nSPS) is 12.8. The van der Waals surface area contributed by atoms with Gasteiger partial charge in [0.15, 0.2) is 17.5 Å². The quantitative estimate of drug-likeness (QED) is 0.166. The highest BCUT2D eigenvalue weighted by Gasteiger charge is 2.51. The van der Waals surface area contributed by atoms with Crippen molar-refractivity contribution in [2.75, 3.05) is 0 Å². The standard InChI is InChI=1S/C55H34N6O/c1-2-15-36(16-3-1)52-59-53(37-29-27-35(28-30-37)38-33-47(45-23-10-12-31-56-45)58-48(34-38)46-24-11-13-32-57-46)61-54(60-52)40-18-14-22-44-51(40)39-17-4-5-19-41(39)55(44)42-20-6-8-25-49(42)62-50-26-9-7-21-43(50)55/h1-34H. The topological polar surface area (TPSA) is 86.6 Å². The van der Waals surface area contributed by atoms with Gasteiger partial charge in [0.25, 0.3) is 0 Å². The van der Waals surface area contributed by atoms with Gasteiger partial charge in [0, 0.05) is 40.2 Å². The van der Waals surface area contributed by atoms with E-state index in [9.17, 15) is 0 Å². The first kappa shape index (κ1) is 35.5. The van der Waals surface area contributed by atoms with E-state index in [1.165, 1.54) is 11.1 Å². The van der Waals surface area contributed by atoms with Gasteiger partial charge in [-0.15, -0.1) is 0 Å². The zero-order chi connectivity index (χ0) is 41.0. The number of hydrogen-bond acceptors (Lipinski definition) is 7. The van der Waals surface area contributed by atoms with Crippen molar-refractivity contribution in [2.24, 2.45) is 0 Å². The highest BCUT2D eigenvalue weighted by Crippen LogP contribution is 2.63. The van der Waals surface area contributed by atoms with Gasteiger partial charge in [-0.3, -0.25) is 9.97 Å². The molecule has 1 aliphatic carbocycles. The number of para-hydroxylation sites is 2. The monoisotopic (exact) mass is 794 g/mol. The molecular formula is C55H34N6O. The van der Waals surface area contributed by atoms with E-state index in [0.717, 1.165) is 84.3 Å². The Morgan fingerprint density at radius 1 is 0.323 bits per heavy atom. The minimum atomic E-state index is -0.610. The van der Waals surface area contributed by atoms with E-state index in [1.54, 1.807) is 12.4 Å². The molecule has 0 fully saturated rings. The molecule has 6 aromatic carbocycles. The summed E-state index contributed by atoms with van der Waals surface area (Å²) in [4.78, 5) is 29.9. The summed E-state index contributed by atoms with van der Waals surface area (Å²) in [5.41, 5.74) is 14.1. The third kappa shape index (κ3) is 5.67.